The Morgan fingerprint density at radius 1 is 0.679 bits per heavy atom. The van der Waals surface area contributed by atoms with Crippen molar-refractivity contribution in [2.45, 2.75) is 52.4 Å². The summed E-state index contributed by atoms with van der Waals surface area (Å²) < 4.78 is 0. The summed E-state index contributed by atoms with van der Waals surface area (Å²) in [5, 5.41) is 2.60. The van der Waals surface area contributed by atoms with Crippen LogP contribution in [-0.4, -0.2) is 9.97 Å². The van der Waals surface area contributed by atoms with Gasteiger partial charge in [0.1, 0.15) is 0 Å². The van der Waals surface area contributed by atoms with E-state index in [1.54, 1.807) is 0 Å². The number of hydrogen-bond donors (Lipinski definition) is 0. The first-order valence-electron chi connectivity index (χ1n) is 9.94. The van der Waals surface area contributed by atoms with Gasteiger partial charge < -0.3 is 0 Å². The van der Waals surface area contributed by atoms with Crippen LogP contribution in [0.15, 0.2) is 60.8 Å². The van der Waals surface area contributed by atoms with E-state index in [0.29, 0.717) is 0 Å². The molecule has 2 nitrogen and oxygen atoms in total. The molecule has 142 valence electrons. The normalized spacial score (nSPS) is 12.6. The number of aromatic nitrogens is 2. The molecule has 1 aromatic heterocycles. The lowest BCUT2D eigenvalue weighted by Crippen LogP contribution is -2.13. The molecule has 1 heterocycles. The van der Waals surface area contributed by atoms with Crippen LogP contribution < -0.4 is 0 Å². The van der Waals surface area contributed by atoms with Gasteiger partial charge in [-0.2, -0.15) is 0 Å². The van der Waals surface area contributed by atoms with Crippen molar-refractivity contribution in [1.82, 2.24) is 9.97 Å². The highest BCUT2D eigenvalue weighted by Crippen LogP contribution is 2.33. The maximum absolute atomic E-state index is 4.81. The molecule has 0 fully saturated rings. The summed E-state index contributed by atoms with van der Waals surface area (Å²) in [4.78, 5) is 9.49. The summed E-state index contributed by atoms with van der Waals surface area (Å²) in [6.45, 7) is 13.3. The van der Waals surface area contributed by atoms with Gasteiger partial charge in [0.15, 0.2) is 0 Å². The number of rotatable bonds is 1. The Morgan fingerprint density at radius 3 is 2.11 bits per heavy atom. The smallest absolute Gasteiger partial charge is 0.0893 e. The van der Waals surface area contributed by atoms with Crippen LogP contribution in [0.5, 0.6) is 0 Å². The van der Waals surface area contributed by atoms with E-state index in [-0.39, 0.29) is 10.8 Å². The maximum atomic E-state index is 4.81. The van der Waals surface area contributed by atoms with Crippen molar-refractivity contribution in [1.29, 1.82) is 0 Å². The molecule has 0 bridgehead atoms. The lowest BCUT2D eigenvalue weighted by atomic mass is 9.83. The molecule has 0 amide bonds. The molecule has 0 radical (unpaired) electrons. The Morgan fingerprint density at radius 2 is 1.39 bits per heavy atom. The van der Waals surface area contributed by atoms with Crippen LogP contribution >= 0.6 is 0 Å². The lowest BCUT2D eigenvalue weighted by molar-refractivity contribution is 0.568. The van der Waals surface area contributed by atoms with Crippen molar-refractivity contribution in [3.8, 4) is 11.1 Å². The zero-order valence-corrected chi connectivity index (χ0v) is 17.7. The second kappa shape index (κ2) is 6.41. The van der Waals surface area contributed by atoms with E-state index in [1.165, 1.54) is 27.5 Å². The van der Waals surface area contributed by atoms with Crippen molar-refractivity contribution < 1.29 is 0 Å². The number of hydrogen-bond acceptors (Lipinski definition) is 2. The van der Waals surface area contributed by atoms with E-state index in [1.807, 2.05) is 6.20 Å². The van der Waals surface area contributed by atoms with E-state index in [4.69, 9.17) is 4.98 Å². The molecule has 0 saturated carbocycles. The van der Waals surface area contributed by atoms with Gasteiger partial charge in [-0.25, -0.2) is 4.98 Å². The van der Waals surface area contributed by atoms with Crippen LogP contribution in [0.3, 0.4) is 0 Å². The minimum absolute atomic E-state index is 0.00295. The molecule has 0 aliphatic heterocycles. The van der Waals surface area contributed by atoms with Crippen LogP contribution in [0.4, 0.5) is 0 Å². The summed E-state index contributed by atoms with van der Waals surface area (Å²) in [5.74, 6) is 0. The summed E-state index contributed by atoms with van der Waals surface area (Å²) in [6, 6.07) is 19.7. The third-order valence-corrected chi connectivity index (χ3v) is 5.33. The maximum Gasteiger partial charge on any atom is 0.0893 e. The first kappa shape index (κ1) is 18.6. The van der Waals surface area contributed by atoms with Crippen molar-refractivity contribution in [2.24, 2.45) is 0 Å². The summed E-state index contributed by atoms with van der Waals surface area (Å²) >= 11 is 0. The standard InChI is InChI=1S/C26H28N2/c1-25(2,3)21-9-7-8-19-14-17(10-12-20(19)21)18-11-13-22-23(15-18)27-16-24(28-22)26(4,5)6/h7-16H,1-6H3. The predicted octanol–water partition coefficient (Wildman–Crippen LogP) is 7.05. The van der Waals surface area contributed by atoms with Crippen molar-refractivity contribution in [3.63, 3.8) is 0 Å². The van der Waals surface area contributed by atoms with E-state index in [0.717, 1.165) is 16.7 Å². The Kier molecular flexibility index (Phi) is 4.26. The number of nitrogens with zero attached hydrogens (tertiary/aromatic N) is 2. The third-order valence-electron chi connectivity index (χ3n) is 5.33. The van der Waals surface area contributed by atoms with Crippen molar-refractivity contribution in [2.75, 3.05) is 0 Å². The second-order valence-electron chi connectivity index (χ2n) is 9.70. The van der Waals surface area contributed by atoms with Crippen molar-refractivity contribution in [3.05, 3.63) is 72.1 Å². The monoisotopic (exact) mass is 368 g/mol. The molecule has 0 unspecified atom stereocenters. The Bertz CT molecular complexity index is 1170. The zero-order valence-electron chi connectivity index (χ0n) is 17.7. The number of benzene rings is 3. The molecule has 0 saturated heterocycles. The van der Waals surface area contributed by atoms with Gasteiger partial charge >= 0.3 is 0 Å². The van der Waals surface area contributed by atoms with Crippen molar-refractivity contribution >= 4 is 21.8 Å². The molecular formula is C26H28N2. The van der Waals surface area contributed by atoms with Crippen LogP contribution in [0.1, 0.15) is 52.8 Å². The molecule has 3 aromatic carbocycles. The average Bonchev–Trinajstić information content (AvgIpc) is 2.64. The lowest BCUT2D eigenvalue weighted by Gasteiger charge is -2.21. The largest absolute Gasteiger partial charge is 0.253 e. The SMILES string of the molecule is CC(C)(C)c1cnc2cc(-c3ccc4c(C(C)(C)C)cccc4c3)ccc2n1. The molecule has 0 atom stereocenters. The van der Waals surface area contributed by atoms with E-state index < -0.39 is 0 Å². The summed E-state index contributed by atoms with van der Waals surface area (Å²) in [6.07, 6.45) is 1.90. The fraction of sp³-hybridized carbons (Fsp3) is 0.308. The van der Waals surface area contributed by atoms with Gasteiger partial charge in [-0.1, -0.05) is 77.9 Å². The minimum Gasteiger partial charge on any atom is -0.253 e. The molecule has 4 rings (SSSR count). The van der Waals surface area contributed by atoms with Crippen LogP contribution in [0.2, 0.25) is 0 Å². The molecule has 2 heteroatoms. The van der Waals surface area contributed by atoms with E-state index in [9.17, 15) is 0 Å². The van der Waals surface area contributed by atoms with E-state index in [2.05, 4.69) is 101 Å². The molecule has 0 aliphatic carbocycles. The fourth-order valence-electron chi connectivity index (χ4n) is 3.67. The van der Waals surface area contributed by atoms with Gasteiger partial charge in [0.2, 0.25) is 0 Å². The summed E-state index contributed by atoms with van der Waals surface area (Å²) in [5.41, 5.74) is 6.81. The molecule has 4 aromatic rings. The quantitative estimate of drug-likeness (QED) is 0.360. The molecule has 0 N–H and O–H groups in total. The van der Waals surface area contributed by atoms with Gasteiger partial charge in [0, 0.05) is 11.6 Å². The topological polar surface area (TPSA) is 25.8 Å². The Balaban J connectivity index is 1.80. The minimum atomic E-state index is 0.00295. The second-order valence-corrected chi connectivity index (χ2v) is 9.70. The highest BCUT2D eigenvalue weighted by atomic mass is 14.8. The van der Waals surface area contributed by atoms with Gasteiger partial charge in [0.05, 0.1) is 16.7 Å². The highest BCUT2D eigenvalue weighted by molar-refractivity contribution is 5.91. The van der Waals surface area contributed by atoms with E-state index >= 15 is 0 Å². The molecular weight excluding hydrogens is 340 g/mol. The fourth-order valence-corrected chi connectivity index (χ4v) is 3.67. The van der Waals surface area contributed by atoms with Gasteiger partial charge in [-0.05, 0) is 51.1 Å². The average molecular weight is 369 g/mol. The van der Waals surface area contributed by atoms with Gasteiger partial charge in [0.25, 0.3) is 0 Å². The zero-order chi connectivity index (χ0) is 20.1. The van der Waals surface area contributed by atoms with Crippen LogP contribution in [-0.2, 0) is 10.8 Å². The third kappa shape index (κ3) is 3.40. The van der Waals surface area contributed by atoms with Crippen LogP contribution in [0, 0.1) is 0 Å². The molecule has 0 aliphatic rings. The molecule has 28 heavy (non-hydrogen) atoms. The summed E-state index contributed by atoms with van der Waals surface area (Å²) in [7, 11) is 0. The molecule has 0 spiro atoms. The van der Waals surface area contributed by atoms with Gasteiger partial charge in [-0.15, -0.1) is 0 Å². The Hall–Kier alpha value is -2.74. The number of fused-ring (bicyclic) bond motifs is 2. The highest BCUT2D eigenvalue weighted by Gasteiger charge is 2.18. The predicted molar refractivity (Wildman–Crippen MR) is 120 cm³/mol. The first-order chi connectivity index (χ1) is 13.1. The Labute approximate surface area is 167 Å². The van der Waals surface area contributed by atoms with Crippen LogP contribution in [0.25, 0.3) is 32.9 Å². The van der Waals surface area contributed by atoms with Gasteiger partial charge in [-0.3, -0.25) is 4.98 Å². The first-order valence-corrected chi connectivity index (χ1v) is 9.94.